The van der Waals surface area contributed by atoms with Crippen molar-refractivity contribution >= 4 is 0 Å². The van der Waals surface area contributed by atoms with Gasteiger partial charge in [0.15, 0.2) is 5.79 Å². The standard InChI is InChI=1S/C30H52O4/c1-24(2)21-12-16-28(7)22(26(21,5)14-13-23(24)31)10-9-19-20(11-15-27(19,28)6)29(8)17-18-30(33,34-29)25(3,4)32/h19-23,31-33H,9-18H2,1-8H3. The van der Waals surface area contributed by atoms with Crippen LogP contribution in [0.5, 0.6) is 0 Å². The first-order valence-corrected chi connectivity index (χ1v) is 14.3. The molecule has 1 heterocycles. The van der Waals surface area contributed by atoms with Crippen LogP contribution in [0, 0.1) is 45.3 Å². The van der Waals surface area contributed by atoms with Crippen LogP contribution in [-0.2, 0) is 4.74 Å². The Balaban J connectivity index is 1.45. The van der Waals surface area contributed by atoms with Crippen LogP contribution >= 0.6 is 0 Å². The van der Waals surface area contributed by atoms with Gasteiger partial charge in [-0.05, 0) is 124 Å². The van der Waals surface area contributed by atoms with Gasteiger partial charge in [-0.2, -0.15) is 0 Å². The Bertz CT molecular complexity index is 832. The van der Waals surface area contributed by atoms with Crippen LogP contribution in [0.2, 0.25) is 0 Å². The number of fused-ring (bicyclic) bond motifs is 5. The van der Waals surface area contributed by atoms with Crippen molar-refractivity contribution in [3.8, 4) is 0 Å². The van der Waals surface area contributed by atoms with Crippen molar-refractivity contribution in [3.05, 3.63) is 0 Å². The second-order valence-corrected chi connectivity index (χ2v) is 15.4. The first-order chi connectivity index (χ1) is 15.4. The van der Waals surface area contributed by atoms with E-state index in [0.717, 1.165) is 25.7 Å². The average Bonchev–Trinajstić information content (AvgIpc) is 3.24. The molecule has 0 amide bonds. The van der Waals surface area contributed by atoms with Gasteiger partial charge in [-0.3, -0.25) is 0 Å². The van der Waals surface area contributed by atoms with Gasteiger partial charge in [-0.15, -0.1) is 0 Å². The molecule has 1 aliphatic heterocycles. The summed E-state index contributed by atoms with van der Waals surface area (Å²) in [5.41, 5.74) is -0.764. The van der Waals surface area contributed by atoms with E-state index in [1.807, 2.05) is 0 Å². The van der Waals surface area contributed by atoms with Crippen LogP contribution in [0.4, 0.5) is 0 Å². The summed E-state index contributed by atoms with van der Waals surface area (Å²) in [6, 6.07) is 0. The molecule has 5 aliphatic rings. The van der Waals surface area contributed by atoms with E-state index in [4.69, 9.17) is 4.74 Å². The fourth-order valence-electron chi connectivity index (χ4n) is 11.1. The number of hydrogen-bond acceptors (Lipinski definition) is 4. The maximum absolute atomic E-state index is 11.2. The molecule has 0 aromatic rings. The predicted octanol–water partition coefficient (Wildman–Crippen LogP) is 6.06. The summed E-state index contributed by atoms with van der Waals surface area (Å²) in [5.74, 6) is 0.877. The Morgan fingerprint density at radius 2 is 1.35 bits per heavy atom. The third-order valence-electron chi connectivity index (χ3n) is 13.5. The molecule has 10 atom stereocenters. The van der Waals surface area contributed by atoms with Gasteiger partial charge >= 0.3 is 0 Å². The van der Waals surface area contributed by atoms with Crippen molar-refractivity contribution < 1.29 is 20.1 Å². The van der Waals surface area contributed by atoms with E-state index in [-0.39, 0.29) is 22.5 Å². The quantitative estimate of drug-likeness (QED) is 0.453. The van der Waals surface area contributed by atoms with E-state index < -0.39 is 11.4 Å². The molecule has 4 saturated carbocycles. The highest BCUT2D eigenvalue weighted by Gasteiger charge is 2.70. The molecule has 0 bridgehead atoms. The molecule has 34 heavy (non-hydrogen) atoms. The average molecular weight is 477 g/mol. The summed E-state index contributed by atoms with van der Waals surface area (Å²) < 4.78 is 6.47. The van der Waals surface area contributed by atoms with Crippen LogP contribution in [-0.4, -0.2) is 38.4 Å². The van der Waals surface area contributed by atoms with Crippen molar-refractivity contribution in [2.45, 2.75) is 143 Å². The minimum atomic E-state index is -1.46. The lowest BCUT2D eigenvalue weighted by Gasteiger charge is -2.70. The fourth-order valence-corrected chi connectivity index (χ4v) is 11.1. The van der Waals surface area contributed by atoms with Crippen molar-refractivity contribution in [2.24, 2.45) is 45.3 Å². The normalized spacial score (nSPS) is 57.1. The topological polar surface area (TPSA) is 69.9 Å². The largest absolute Gasteiger partial charge is 0.393 e. The van der Waals surface area contributed by atoms with E-state index in [9.17, 15) is 15.3 Å². The lowest BCUT2D eigenvalue weighted by Crippen LogP contribution is -2.64. The summed E-state index contributed by atoms with van der Waals surface area (Å²) >= 11 is 0. The van der Waals surface area contributed by atoms with E-state index in [2.05, 4.69) is 41.5 Å². The second-order valence-electron chi connectivity index (χ2n) is 15.4. The predicted molar refractivity (Wildman–Crippen MR) is 135 cm³/mol. The van der Waals surface area contributed by atoms with Gasteiger partial charge in [0.1, 0.15) is 5.60 Å². The molecule has 4 aliphatic carbocycles. The maximum Gasteiger partial charge on any atom is 0.194 e. The van der Waals surface area contributed by atoms with Crippen molar-refractivity contribution in [2.75, 3.05) is 0 Å². The van der Waals surface area contributed by atoms with Gasteiger partial charge < -0.3 is 20.1 Å². The van der Waals surface area contributed by atoms with Crippen molar-refractivity contribution in [1.82, 2.24) is 0 Å². The third-order valence-corrected chi connectivity index (χ3v) is 13.5. The van der Waals surface area contributed by atoms with Crippen molar-refractivity contribution in [1.29, 1.82) is 0 Å². The first-order valence-electron chi connectivity index (χ1n) is 14.3. The van der Waals surface area contributed by atoms with E-state index in [1.54, 1.807) is 13.8 Å². The second kappa shape index (κ2) is 7.23. The molecule has 0 spiro atoms. The minimum absolute atomic E-state index is 0.00296. The van der Waals surface area contributed by atoms with Crippen LogP contribution in [0.25, 0.3) is 0 Å². The lowest BCUT2D eigenvalue weighted by atomic mass is 9.35. The Morgan fingerprint density at radius 1 is 0.706 bits per heavy atom. The summed E-state index contributed by atoms with van der Waals surface area (Å²) in [6.07, 6.45) is 10.7. The maximum atomic E-state index is 11.2. The molecule has 4 heteroatoms. The monoisotopic (exact) mass is 476 g/mol. The van der Waals surface area contributed by atoms with Gasteiger partial charge in [0.05, 0.1) is 11.7 Å². The van der Waals surface area contributed by atoms with Gasteiger partial charge in [-0.25, -0.2) is 0 Å². The first kappa shape index (κ1) is 25.5. The molecular weight excluding hydrogens is 424 g/mol. The Kier molecular flexibility index (Phi) is 5.42. The molecule has 3 N–H and O–H groups in total. The van der Waals surface area contributed by atoms with Gasteiger partial charge in [0.2, 0.25) is 0 Å². The molecule has 10 unspecified atom stereocenters. The summed E-state index contributed by atoms with van der Waals surface area (Å²) in [7, 11) is 0. The summed E-state index contributed by atoms with van der Waals surface area (Å²) in [6.45, 7) is 18.0. The number of aliphatic hydroxyl groups is 3. The SMILES string of the molecule is CC1(C2CCC3(C)C2CCC2C4(C)CCC(O)C(C)(C)C4CCC23C)CCC(O)(C(C)(C)O)O1. The zero-order chi connectivity index (χ0) is 25.2. The molecule has 5 fully saturated rings. The van der Waals surface area contributed by atoms with Crippen LogP contribution in [0.3, 0.4) is 0 Å². The molecule has 196 valence electrons. The van der Waals surface area contributed by atoms with Crippen molar-refractivity contribution in [3.63, 3.8) is 0 Å². The molecular formula is C30H52O4. The smallest absolute Gasteiger partial charge is 0.194 e. The van der Waals surface area contributed by atoms with Gasteiger partial charge in [0.25, 0.3) is 0 Å². The zero-order valence-corrected chi connectivity index (χ0v) is 23.2. The number of ether oxygens (including phenoxy) is 1. The lowest BCUT2D eigenvalue weighted by molar-refractivity contribution is -0.306. The van der Waals surface area contributed by atoms with E-state index in [0.29, 0.717) is 40.9 Å². The highest BCUT2D eigenvalue weighted by atomic mass is 16.7. The molecule has 5 rings (SSSR count). The Hall–Kier alpha value is -0.160. The molecule has 4 nitrogen and oxygen atoms in total. The number of aliphatic hydroxyl groups excluding tert-OH is 1. The van der Waals surface area contributed by atoms with E-state index in [1.165, 1.54) is 32.1 Å². The highest BCUT2D eigenvalue weighted by Crippen LogP contribution is 2.76. The van der Waals surface area contributed by atoms with Crippen LogP contribution < -0.4 is 0 Å². The summed E-state index contributed by atoms with van der Waals surface area (Å²) in [4.78, 5) is 0. The molecule has 0 aromatic heterocycles. The summed E-state index contributed by atoms with van der Waals surface area (Å²) in [5, 5.41) is 32.7. The fraction of sp³-hybridized carbons (Fsp3) is 1.00. The zero-order valence-electron chi connectivity index (χ0n) is 23.2. The molecule has 0 radical (unpaired) electrons. The van der Waals surface area contributed by atoms with E-state index >= 15 is 0 Å². The van der Waals surface area contributed by atoms with Gasteiger partial charge in [0, 0.05) is 6.42 Å². The van der Waals surface area contributed by atoms with Gasteiger partial charge in [-0.1, -0.05) is 34.6 Å². The molecule has 0 aromatic carbocycles. The number of hydrogen-bond donors (Lipinski definition) is 3. The Morgan fingerprint density at radius 3 is 1.97 bits per heavy atom. The van der Waals surface area contributed by atoms with Crippen LogP contribution in [0.15, 0.2) is 0 Å². The minimum Gasteiger partial charge on any atom is -0.393 e. The van der Waals surface area contributed by atoms with Crippen LogP contribution in [0.1, 0.15) is 120 Å². The molecule has 1 saturated heterocycles. The third kappa shape index (κ3) is 3.04. The Labute approximate surface area is 208 Å². The highest BCUT2D eigenvalue weighted by molar-refractivity contribution is 5.19. The number of rotatable bonds is 2.